The molecule has 0 N–H and O–H groups in total. The van der Waals surface area contributed by atoms with Gasteiger partial charge in [0, 0.05) is 19.5 Å². The highest BCUT2D eigenvalue weighted by molar-refractivity contribution is 5.81. The van der Waals surface area contributed by atoms with E-state index in [0.717, 1.165) is 38.1 Å². The van der Waals surface area contributed by atoms with Crippen LogP contribution in [0.3, 0.4) is 0 Å². The molecule has 1 atom stereocenters. The van der Waals surface area contributed by atoms with Gasteiger partial charge in [-0.25, -0.2) is 0 Å². The van der Waals surface area contributed by atoms with Crippen molar-refractivity contribution in [3.05, 3.63) is 29.8 Å². The number of nitrogens with zero attached hydrogens (tertiary/aromatic N) is 2. The average Bonchev–Trinajstić information content (AvgIpc) is 3.05. The molecule has 1 saturated heterocycles. The van der Waals surface area contributed by atoms with E-state index in [-0.39, 0.29) is 5.91 Å². The minimum absolute atomic E-state index is 0.0408. The Labute approximate surface area is 126 Å². The van der Waals surface area contributed by atoms with Gasteiger partial charge in [0.15, 0.2) is 0 Å². The zero-order valence-electron chi connectivity index (χ0n) is 12.5. The fraction of sp³-hybridized carbons (Fsp3) is 0.529. The van der Waals surface area contributed by atoms with Crippen LogP contribution in [0.2, 0.25) is 0 Å². The van der Waals surface area contributed by atoms with Gasteiger partial charge in [0.05, 0.1) is 12.7 Å². The summed E-state index contributed by atoms with van der Waals surface area (Å²) in [6.07, 6.45) is 3.50. The van der Waals surface area contributed by atoms with Crippen LogP contribution in [0.15, 0.2) is 24.3 Å². The summed E-state index contributed by atoms with van der Waals surface area (Å²) in [6, 6.07) is 10.0. The Morgan fingerprint density at radius 2 is 2.19 bits per heavy atom. The Morgan fingerprint density at radius 1 is 1.43 bits per heavy atom. The zero-order chi connectivity index (χ0) is 15.1. The molecule has 1 aromatic carbocycles. The number of carbonyl (C=O) groups excluding carboxylic acids is 1. The van der Waals surface area contributed by atoms with E-state index in [1.54, 1.807) is 4.90 Å². The Hall–Kier alpha value is -2.02. The second-order valence-corrected chi connectivity index (χ2v) is 5.35. The van der Waals surface area contributed by atoms with Gasteiger partial charge >= 0.3 is 0 Å². The fourth-order valence-corrected chi connectivity index (χ4v) is 2.55. The maximum atomic E-state index is 12.2. The molecule has 0 bridgehead atoms. The zero-order valence-corrected chi connectivity index (χ0v) is 12.5. The first-order valence-corrected chi connectivity index (χ1v) is 7.64. The first-order valence-electron chi connectivity index (χ1n) is 7.64. The van der Waals surface area contributed by atoms with Crippen LogP contribution in [0.25, 0.3) is 0 Å². The number of nitriles is 1. The van der Waals surface area contributed by atoms with Gasteiger partial charge in [0.2, 0.25) is 5.91 Å². The second-order valence-electron chi connectivity index (χ2n) is 5.35. The smallest absolute Gasteiger partial charge is 0.240 e. The third-order valence-corrected chi connectivity index (χ3v) is 3.85. The number of carbonyl (C=O) groups is 1. The van der Waals surface area contributed by atoms with Crippen LogP contribution >= 0.6 is 0 Å². The maximum absolute atomic E-state index is 12.2. The number of rotatable bonds is 6. The first kappa shape index (κ1) is 15.4. The molecule has 4 nitrogen and oxygen atoms in total. The van der Waals surface area contributed by atoms with E-state index in [2.05, 4.69) is 19.1 Å². The van der Waals surface area contributed by atoms with Gasteiger partial charge in [-0.3, -0.25) is 4.79 Å². The van der Waals surface area contributed by atoms with Gasteiger partial charge in [-0.15, -0.1) is 0 Å². The van der Waals surface area contributed by atoms with E-state index in [0.29, 0.717) is 13.0 Å². The van der Waals surface area contributed by atoms with Gasteiger partial charge in [0.25, 0.3) is 0 Å². The lowest BCUT2D eigenvalue weighted by Gasteiger charge is -2.18. The Morgan fingerprint density at radius 3 is 2.86 bits per heavy atom. The highest BCUT2D eigenvalue weighted by atomic mass is 16.5. The van der Waals surface area contributed by atoms with Crippen molar-refractivity contribution in [2.45, 2.75) is 32.6 Å². The Bertz CT molecular complexity index is 516. The van der Waals surface area contributed by atoms with E-state index >= 15 is 0 Å². The van der Waals surface area contributed by atoms with Crippen LogP contribution in [0, 0.1) is 17.2 Å². The molecule has 0 spiro atoms. The third-order valence-electron chi connectivity index (χ3n) is 3.85. The van der Waals surface area contributed by atoms with Crippen LogP contribution in [0.1, 0.15) is 31.7 Å². The number of amides is 1. The molecule has 2 rings (SSSR count). The summed E-state index contributed by atoms with van der Waals surface area (Å²) in [7, 11) is 0. The molecule has 0 aliphatic carbocycles. The van der Waals surface area contributed by atoms with Crippen molar-refractivity contribution in [3.63, 3.8) is 0 Å². The minimum Gasteiger partial charge on any atom is -0.494 e. The molecule has 1 aromatic rings. The predicted octanol–water partition coefficient (Wildman–Crippen LogP) is 2.78. The van der Waals surface area contributed by atoms with Crippen molar-refractivity contribution in [3.8, 4) is 11.8 Å². The molecule has 1 heterocycles. The molecule has 1 aliphatic rings. The van der Waals surface area contributed by atoms with Crippen molar-refractivity contribution >= 4 is 5.91 Å². The average molecular weight is 286 g/mol. The van der Waals surface area contributed by atoms with E-state index in [9.17, 15) is 10.1 Å². The SMILES string of the molecule is CCc1cccc(OCCC(C#N)C(=O)N2CCCC2)c1. The summed E-state index contributed by atoms with van der Waals surface area (Å²) in [5, 5.41) is 9.18. The number of hydrogen-bond acceptors (Lipinski definition) is 3. The molecule has 4 heteroatoms. The molecule has 1 amide bonds. The van der Waals surface area contributed by atoms with E-state index in [1.807, 2.05) is 18.2 Å². The Balaban J connectivity index is 1.82. The van der Waals surface area contributed by atoms with Crippen LogP contribution in [-0.4, -0.2) is 30.5 Å². The first-order chi connectivity index (χ1) is 10.2. The van der Waals surface area contributed by atoms with Gasteiger partial charge in [-0.05, 0) is 37.0 Å². The lowest BCUT2D eigenvalue weighted by molar-refractivity contribution is -0.133. The molecular formula is C17H22N2O2. The summed E-state index contributed by atoms with van der Waals surface area (Å²) in [5.74, 6) is 0.179. The van der Waals surface area contributed by atoms with Crippen molar-refractivity contribution in [2.75, 3.05) is 19.7 Å². The molecule has 21 heavy (non-hydrogen) atoms. The summed E-state index contributed by atoms with van der Waals surface area (Å²) in [4.78, 5) is 14.0. The van der Waals surface area contributed by atoms with Crippen LogP contribution < -0.4 is 4.74 Å². The molecule has 1 aliphatic heterocycles. The van der Waals surface area contributed by atoms with Gasteiger partial charge in [-0.2, -0.15) is 5.26 Å². The van der Waals surface area contributed by atoms with E-state index in [1.165, 1.54) is 5.56 Å². The van der Waals surface area contributed by atoms with Crippen LogP contribution in [0.4, 0.5) is 0 Å². The number of likely N-dealkylation sites (tertiary alicyclic amines) is 1. The predicted molar refractivity (Wildman–Crippen MR) is 80.8 cm³/mol. The highest BCUT2D eigenvalue weighted by Gasteiger charge is 2.26. The lowest BCUT2D eigenvalue weighted by atomic mass is 10.1. The molecule has 112 valence electrons. The monoisotopic (exact) mass is 286 g/mol. The highest BCUT2D eigenvalue weighted by Crippen LogP contribution is 2.17. The largest absolute Gasteiger partial charge is 0.494 e. The standard InChI is InChI=1S/C17H22N2O2/c1-2-14-6-5-7-16(12-14)21-11-8-15(13-18)17(20)19-9-3-4-10-19/h5-7,12,15H,2-4,8-11H2,1H3. The summed E-state index contributed by atoms with van der Waals surface area (Å²) in [6.45, 7) is 4.07. The lowest BCUT2D eigenvalue weighted by Crippen LogP contribution is -2.33. The van der Waals surface area contributed by atoms with E-state index < -0.39 is 5.92 Å². The molecular weight excluding hydrogens is 264 g/mol. The molecule has 0 aromatic heterocycles. The molecule has 1 unspecified atom stereocenters. The normalized spacial score (nSPS) is 15.5. The molecule has 0 saturated carbocycles. The van der Waals surface area contributed by atoms with Crippen LogP contribution in [-0.2, 0) is 11.2 Å². The summed E-state index contributed by atoms with van der Waals surface area (Å²) < 4.78 is 5.67. The Kier molecular flexibility index (Phi) is 5.62. The van der Waals surface area contributed by atoms with Crippen molar-refractivity contribution in [1.82, 2.24) is 4.90 Å². The number of ether oxygens (including phenoxy) is 1. The fourth-order valence-electron chi connectivity index (χ4n) is 2.55. The summed E-state index contributed by atoms with van der Waals surface area (Å²) >= 11 is 0. The molecule has 0 radical (unpaired) electrons. The number of benzene rings is 1. The molecule has 1 fully saturated rings. The number of aryl methyl sites for hydroxylation is 1. The topological polar surface area (TPSA) is 53.3 Å². The van der Waals surface area contributed by atoms with E-state index in [4.69, 9.17) is 4.74 Å². The third kappa shape index (κ3) is 4.22. The van der Waals surface area contributed by atoms with Crippen molar-refractivity contribution in [1.29, 1.82) is 5.26 Å². The van der Waals surface area contributed by atoms with Crippen LogP contribution in [0.5, 0.6) is 5.75 Å². The number of hydrogen-bond donors (Lipinski definition) is 0. The van der Waals surface area contributed by atoms with Crippen molar-refractivity contribution < 1.29 is 9.53 Å². The summed E-state index contributed by atoms with van der Waals surface area (Å²) in [5.41, 5.74) is 1.22. The van der Waals surface area contributed by atoms with Crippen molar-refractivity contribution in [2.24, 2.45) is 5.92 Å². The van der Waals surface area contributed by atoms with Gasteiger partial charge in [0.1, 0.15) is 11.7 Å². The van der Waals surface area contributed by atoms with Gasteiger partial charge < -0.3 is 9.64 Å². The maximum Gasteiger partial charge on any atom is 0.240 e. The van der Waals surface area contributed by atoms with Gasteiger partial charge in [-0.1, -0.05) is 19.1 Å². The quantitative estimate of drug-likeness (QED) is 0.808. The second kappa shape index (κ2) is 7.68. The minimum atomic E-state index is -0.586.